The number of nitrogens with zero attached hydrogens (tertiary/aromatic N) is 3. The molecule has 3 aromatic rings. The summed E-state index contributed by atoms with van der Waals surface area (Å²) in [6, 6.07) is 13.9. The zero-order valence-electron chi connectivity index (χ0n) is 16.8. The van der Waals surface area contributed by atoms with Crippen molar-refractivity contribution in [3.8, 4) is 0 Å². The highest BCUT2D eigenvalue weighted by Crippen LogP contribution is 2.32. The number of thiazole rings is 1. The van der Waals surface area contributed by atoms with Crippen molar-refractivity contribution in [3.63, 3.8) is 0 Å². The van der Waals surface area contributed by atoms with E-state index in [0.29, 0.717) is 31.7 Å². The molecule has 30 heavy (non-hydrogen) atoms. The van der Waals surface area contributed by atoms with E-state index in [0.717, 1.165) is 15.3 Å². The second-order valence-corrected chi connectivity index (χ2v) is 9.96. The van der Waals surface area contributed by atoms with Crippen LogP contribution in [0.3, 0.4) is 0 Å². The van der Waals surface area contributed by atoms with Gasteiger partial charge in [-0.25, -0.2) is 18.2 Å². The Morgan fingerprint density at radius 1 is 1.13 bits per heavy atom. The van der Waals surface area contributed by atoms with Crippen LogP contribution in [0.25, 0.3) is 10.2 Å². The summed E-state index contributed by atoms with van der Waals surface area (Å²) in [5.74, 6) is -0.448. The van der Waals surface area contributed by atoms with Gasteiger partial charge in [0.15, 0.2) is 5.13 Å². The van der Waals surface area contributed by atoms with E-state index >= 15 is 0 Å². The zero-order valence-corrected chi connectivity index (χ0v) is 18.4. The summed E-state index contributed by atoms with van der Waals surface area (Å²) in [5.41, 5.74) is 1.31. The van der Waals surface area contributed by atoms with Gasteiger partial charge in [0.05, 0.1) is 33.8 Å². The summed E-state index contributed by atoms with van der Waals surface area (Å²) in [6.45, 7) is 5.58. The van der Waals surface area contributed by atoms with Crippen LogP contribution in [0.2, 0.25) is 0 Å². The minimum atomic E-state index is -3.54. The molecule has 2 heterocycles. The monoisotopic (exact) mass is 445 g/mol. The number of esters is 1. The van der Waals surface area contributed by atoms with Crippen molar-refractivity contribution in [2.45, 2.75) is 24.8 Å². The Morgan fingerprint density at radius 2 is 1.80 bits per heavy atom. The summed E-state index contributed by atoms with van der Waals surface area (Å²) in [5, 5.41) is 0.925. The van der Waals surface area contributed by atoms with Gasteiger partial charge in [-0.3, -0.25) is 0 Å². The lowest BCUT2D eigenvalue weighted by Crippen LogP contribution is -2.53. The van der Waals surface area contributed by atoms with Crippen LogP contribution in [0.1, 0.15) is 24.2 Å². The van der Waals surface area contributed by atoms with E-state index in [1.165, 1.54) is 28.6 Å². The molecule has 0 unspecified atom stereocenters. The van der Waals surface area contributed by atoms with Crippen LogP contribution >= 0.6 is 11.3 Å². The van der Waals surface area contributed by atoms with E-state index in [-0.39, 0.29) is 11.0 Å². The van der Waals surface area contributed by atoms with Crippen LogP contribution in [-0.4, -0.2) is 56.0 Å². The number of aromatic nitrogens is 1. The zero-order chi connectivity index (χ0) is 21.3. The second-order valence-electron chi connectivity index (χ2n) is 7.01. The van der Waals surface area contributed by atoms with Gasteiger partial charge in [0.1, 0.15) is 6.10 Å². The number of ether oxygens (including phenoxy) is 1. The second kappa shape index (κ2) is 8.33. The minimum absolute atomic E-state index is 0.174. The van der Waals surface area contributed by atoms with Crippen molar-refractivity contribution >= 4 is 42.7 Å². The fraction of sp³-hybridized carbons (Fsp3) is 0.333. The van der Waals surface area contributed by atoms with Gasteiger partial charge in [-0.15, -0.1) is 0 Å². The van der Waals surface area contributed by atoms with Gasteiger partial charge in [0.25, 0.3) is 0 Å². The SMILES string of the molecule is CCN(CC)S(=O)(=O)c1ccc(C(=O)OC2CN(c3nc4ccccc4s3)C2)cc1. The Labute approximate surface area is 179 Å². The van der Waals surface area contributed by atoms with Gasteiger partial charge in [0, 0.05) is 13.1 Å². The fourth-order valence-electron chi connectivity index (χ4n) is 3.36. The number of benzene rings is 2. The van der Waals surface area contributed by atoms with E-state index < -0.39 is 16.0 Å². The Balaban J connectivity index is 1.36. The predicted octanol–water partition coefficient (Wildman–Crippen LogP) is 3.37. The fourth-order valence-corrected chi connectivity index (χ4v) is 5.80. The molecule has 0 aliphatic carbocycles. The van der Waals surface area contributed by atoms with Gasteiger partial charge in [-0.1, -0.05) is 37.3 Å². The molecule has 0 N–H and O–H groups in total. The van der Waals surface area contributed by atoms with Crippen molar-refractivity contribution in [2.75, 3.05) is 31.1 Å². The van der Waals surface area contributed by atoms with Crippen LogP contribution in [0.4, 0.5) is 5.13 Å². The molecule has 1 aliphatic rings. The van der Waals surface area contributed by atoms with Crippen LogP contribution in [-0.2, 0) is 14.8 Å². The number of rotatable bonds is 7. The first-order valence-corrected chi connectivity index (χ1v) is 12.1. The Kier molecular flexibility index (Phi) is 5.77. The first-order chi connectivity index (χ1) is 14.4. The van der Waals surface area contributed by atoms with Crippen LogP contribution in [0.15, 0.2) is 53.4 Å². The van der Waals surface area contributed by atoms with Crippen LogP contribution in [0.5, 0.6) is 0 Å². The van der Waals surface area contributed by atoms with Gasteiger partial charge in [0.2, 0.25) is 10.0 Å². The maximum atomic E-state index is 12.5. The first kappa shape index (κ1) is 20.8. The molecule has 2 aromatic carbocycles. The maximum absolute atomic E-state index is 12.5. The molecule has 7 nitrogen and oxygen atoms in total. The Hall–Kier alpha value is -2.49. The highest BCUT2D eigenvalue weighted by molar-refractivity contribution is 7.89. The van der Waals surface area contributed by atoms with Gasteiger partial charge >= 0.3 is 5.97 Å². The van der Waals surface area contributed by atoms with Crippen molar-refractivity contribution in [3.05, 3.63) is 54.1 Å². The number of hydrogen-bond acceptors (Lipinski definition) is 7. The molecule has 1 fully saturated rings. The molecule has 0 atom stereocenters. The topological polar surface area (TPSA) is 79.8 Å². The molecule has 4 rings (SSSR count). The number of sulfonamides is 1. The molecule has 0 saturated carbocycles. The molecule has 0 radical (unpaired) electrons. The summed E-state index contributed by atoms with van der Waals surface area (Å²) in [7, 11) is -3.54. The average Bonchev–Trinajstić information content (AvgIpc) is 3.14. The standard InChI is InChI=1S/C21H23N3O4S2/c1-3-24(4-2)30(26,27)17-11-9-15(10-12-17)20(25)28-16-13-23(14-16)21-22-18-7-5-6-8-19(18)29-21/h5-12,16H,3-4,13-14H2,1-2H3. The highest BCUT2D eigenvalue weighted by Gasteiger charge is 2.32. The summed E-state index contributed by atoms with van der Waals surface area (Å²) >= 11 is 1.62. The van der Waals surface area contributed by atoms with E-state index in [9.17, 15) is 13.2 Å². The van der Waals surface area contributed by atoms with Crippen LogP contribution < -0.4 is 4.90 Å². The quantitative estimate of drug-likeness (QED) is 0.519. The molecule has 1 aliphatic heterocycles. The molecular formula is C21H23N3O4S2. The molecule has 1 aromatic heterocycles. The summed E-state index contributed by atoms with van der Waals surface area (Å²) in [6.07, 6.45) is -0.205. The average molecular weight is 446 g/mol. The number of para-hydroxylation sites is 1. The van der Waals surface area contributed by atoms with Gasteiger partial charge in [-0.05, 0) is 36.4 Å². The maximum Gasteiger partial charge on any atom is 0.338 e. The third kappa shape index (κ3) is 3.92. The van der Waals surface area contributed by atoms with E-state index in [2.05, 4.69) is 9.88 Å². The number of hydrogen-bond donors (Lipinski definition) is 0. The molecule has 9 heteroatoms. The Morgan fingerprint density at radius 3 is 2.43 bits per heavy atom. The molecule has 158 valence electrons. The van der Waals surface area contributed by atoms with Gasteiger partial charge in [-0.2, -0.15) is 4.31 Å². The number of anilines is 1. The number of carbonyl (C=O) groups is 1. The van der Waals surface area contributed by atoms with Crippen molar-refractivity contribution in [1.29, 1.82) is 0 Å². The lowest BCUT2D eigenvalue weighted by Gasteiger charge is -2.38. The smallest absolute Gasteiger partial charge is 0.338 e. The van der Waals surface area contributed by atoms with Gasteiger partial charge < -0.3 is 9.64 Å². The number of carbonyl (C=O) groups excluding carboxylic acids is 1. The summed E-state index contributed by atoms with van der Waals surface area (Å²) < 4.78 is 33.1. The summed E-state index contributed by atoms with van der Waals surface area (Å²) in [4.78, 5) is 19.3. The first-order valence-electron chi connectivity index (χ1n) is 9.84. The number of fused-ring (bicyclic) bond motifs is 1. The largest absolute Gasteiger partial charge is 0.455 e. The van der Waals surface area contributed by atoms with E-state index in [4.69, 9.17) is 4.74 Å². The minimum Gasteiger partial charge on any atom is -0.455 e. The molecule has 0 spiro atoms. The third-order valence-corrected chi connectivity index (χ3v) is 8.27. The lowest BCUT2D eigenvalue weighted by atomic mass is 10.2. The predicted molar refractivity (Wildman–Crippen MR) is 118 cm³/mol. The van der Waals surface area contributed by atoms with E-state index in [1.54, 1.807) is 25.2 Å². The van der Waals surface area contributed by atoms with Crippen molar-refractivity contribution in [2.24, 2.45) is 0 Å². The van der Waals surface area contributed by atoms with Crippen molar-refractivity contribution < 1.29 is 17.9 Å². The molecule has 0 amide bonds. The lowest BCUT2D eigenvalue weighted by molar-refractivity contribution is 0.0234. The normalized spacial score (nSPS) is 14.8. The molecular weight excluding hydrogens is 422 g/mol. The molecule has 1 saturated heterocycles. The molecule has 0 bridgehead atoms. The van der Waals surface area contributed by atoms with Crippen LogP contribution in [0, 0.1) is 0 Å². The third-order valence-electron chi connectivity index (χ3n) is 5.11. The van der Waals surface area contributed by atoms with E-state index in [1.807, 2.05) is 24.3 Å². The highest BCUT2D eigenvalue weighted by atomic mass is 32.2. The Bertz CT molecular complexity index is 1120. The van der Waals surface area contributed by atoms with Crippen molar-refractivity contribution in [1.82, 2.24) is 9.29 Å².